The van der Waals surface area contributed by atoms with Crippen LogP contribution in [0.1, 0.15) is 33.1 Å². The number of fused-ring (bicyclic) bond motifs is 1. The molecule has 2 rings (SSSR count). The molecule has 0 N–H and O–H groups in total. The molecule has 3 atom stereocenters. The van der Waals surface area contributed by atoms with Crippen molar-refractivity contribution >= 4 is 6.09 Å². The van der Waals surface area contributed by atoms with Crippen LogP contribution >= 0.6 is 0 Å². The number of hydrogen-bond acceptors (Lipinski definition) is 2. The van der Waals surface area contributed by atoms with Gasteiger partial charge in [-0.2, -0.15) is 0 Å². The van der Waals surface area contributed by atoms with E-state index in [9.17, 15) is 4.79 Å². The largest absolute Gasteiger partial charge is 0.445 e. The molecule has 0 spiro atoms. The topological polar surface area (TPSA) is 29.5 Å². The molecule has 1 aliphatic carbocycles. The summed E-state index contributed by atoms with van der Waals surface area (Å²) in [7, 11) is 0. The maximum absolute atomic E-state index is 12.1. The number of hydrogen-bond donors (Lipinski definition) is 0. The molecule has 3 unspecified atom stereocenters. The third-order valence-corrected chi connectivity index (χ3v) is 4.67. The van der Waals surface area contributed by atoms with Gasteiger partial charge in [0.15, 0.2) is 0 Å². The quantitative estimate of drug-likeness (QED) is 0.711. The third-order valence-electron chi connectivity index (χ3n) is 4.67. The first-order valence-corrected chi connectivity index (χ1v) is 8.04. The predicted octanol–water partition coefficient (Wildman–Crippen LogP) is 4.18. The van der Waals surface area contributed by atoms with E-state index in [1.807, 2.05) is 23.1 Å². The molecule has 0 aromatic rings. The van der Waals surface area contributed by atoms with E-state index in [2.05, 4.69) is 26.5 Å². The first-order chi connectivity index (χ1) is 10.1. The molecule has 3 heteroatoms. The van der Waals surface area contributed by atoms with E-state index in [4.69, 9.17) is 4.74 Å². The van der Waals surface area contributed by atoms with Gasteiger partial charge in [0, 0.05) is 13.1 Å². The number of ether oxygens (including phenoxy) is 1. The predicted molar refractivity (Wildman–Crippen MR) is 86.0 cm³/mol. The second-order valence-electron chi connectivity index (χ2n) is 6.29. The number of amides is 1. The van der Waals surface area contributed by atoms with Crippen LogP contribution < -0.4 is 0 Å². The number of allylic oxidation sites excluding steroid dienone is 3. The molecule has 0 radical (unpaired) electrons. The Hall–Kier alpha value is -1.51. The van der Waals surface area contributed by atoms with E-state index in [1.165, 1.54) is 12.8 Å². The normalized spacial score (nSPS) is 28.5. The summed E-state index contributed by atoms with van der Waals surface area (Å²) >= 11 is 0. The Bertz CT molecular complexity index is 438. The minimum Gasteiger partial charge on any atom is -0.445 e. The maximum atomic E-state index is 12.1. The number of carbonyl (C=O) groups excluding carboxylic acids is 1. The summed E-state index contributed by atoms with van der Waals surface area (Å²) in [6.07, 6.45) is 11.3. The second kappa shape index (κ2) is 7.48. The fourth-order valence-electron chi connectivity index (χ4n) is 3.39. The molecule has 3 nitrogen and oxygen atoms in total. The standard InChI is InChI=1S/C18H27NO2/c1-4-5-6-7-8-14(2)13-21-18(20)19-11-16-10-9-15(3)17(16)12-19/h5-8,15-17H,2,4,9-13H2,1,3H3/b6-5-,8-7-. The summed E-state index contributed by atoms with van der Waals surface area (Å²) in [6, 6.07) is 0. The average molecular weight is 289 g/mol. The lowest BCUT2D eigenvalue weighted by Crippen LogP contribution is -2.31. The Morgan fingerprint density at radius 3 is 2.86 bits per heavy atom. The molecule has 0 bridgehead atoms. The molecule has 2 fully saturated rings. The van der Waals surface area contributed by atoms with Crippen molar-refractivity contribution in [2.75, 3.05) is 19.7 Å². The van der Waals surface area contributed by atoms with Crippen molar-refractivity contribution in [3.63, 3.8) is 0 Å². The molecule has 0 aromatic heterocycles. The van der Waals surface area contributed by atoms with E-state index < -0.39 is 0 Å². The van der Waals surface area contributed by atoms with E-state index >= 15 is 0 Å². The highest BCUT2D eigenvalue weighted by atomic mass is 16.6. The highest BCUT2D eigenvalue weighted by molar-refractivity contribution is 5.68. The molecule has 1 heterocycles. The summed E-state index contributed by atoms with van der Waals surface area (Å²) in [5, 5.41) is 0. The van der Waals surface area contributed by atoms with Gasteiger partial charge in [-0.1, -0.05) is 51.2 Å². The molecule has 1 amide bonds. The van der Waals surface area contributed by atoms with E-state index in [0.717, 1.165) is 31.0 Å². The van der Waals surface area contributed by atoms with Gasteiger partial charge in [-0.3, -0.25) is 0 Å². The molecular formula is C18H27NO2. The van der Waals surface area contributed by atoms with Crippen LogP contribution in [0.3, 0.4) is 0 Å². The van der Waals surface area contributed by atoms with Gasteiger partial charge < -0.3 is 9.64 Å². The van der Waals surface area contributed by atoms with Gasteiger partial charge >= 0.3 is 6.09 Å². The van der Waals surface area contributed by atoms with Crippen LogP contribution in [0.15, 0.2) is 36.5 Å². The van der Waals surface area contributed by atoms with Gasteiger partial charge in [0.1, 0.15) is 6.61 Å². The molecule has 116 valence electrons. The van der Waals surface area contributed by atoms with E-state index in [-0.39, 0.29) is 12.7 Å². The van der Waals surface area contributed by atoms with Gasteiger partial charge in [0.05, 0.1) is 0 Å². The van der Waals surface area contributed by atoms with Crippen LogP contribution in [-0.2, 0) is 4.74 Å². The van der Waals surface area contributed by atoms with Crippen LogP contribution in [0.25, 0.3) is 0 Å². The highest BCUT2D eigenvalue weighted by Crippen LogP contribution is 2.41. The van der Waals surface area contributed by atoms with Crippen molar-refractivity contribution in [2.24, 2.45) is 17.8 Å². The lowest BCUT2D eigenvalue weighted by Gasteiger charge is -2.18. The third kappa shape index (κ3) is 4.23. The second-order valence-corrected chi connectivity index (χ2v) is 6.29. The SMILES string of the molecule is C=C(/C=C\C=C/CC)COC(=O)N1CC2CCC(C)C2C1. The first kappa shape index (κ1) is 15.9. The van der Waals surface area contributed by atoms with Gasteiger partial charge in [-0.05, 0) is 36.2 Å². The van der Waals surface area contributed by atoms with Crippen molar-refractivity contribution < 1.29 is 9.53 Å². The fourth-order valence-corrected chi connectivity index (χ4v) is 3.39. The Morgan fingerprint density at radius 1 is 1.33 bits per heavy atom. The van der Waals surface area contributed by atoms with Crippen molar-refractivity contribution in [3.05, 3.63) is 36.5 Å². The number of carbonyl (C=O) groups is 1. The van der Waals surface area contributed by atoms with Crippen molar-refractivity contribution in [3.8, 4) is 0 Å². The van der Waals surface area contributed by atoms with E-state index in [1.54, 1.807) is 0 Å². The van der Waals surface area contributed by atoms with E-state index in [0.29, 0.717) is 11.8 Å². The number of rotatable bonds is 5. The molecule has 2 aliphatic rings. The summed E-state index contributed by atoms with van der Waals surface area (Å²) in [6.45, 7) is 10.3. The van der Waals surface area contributed by atoms with Crippen LogP contribution in [0.5, 0.6) is 0 Å². The lowest BCUT2D eigenvalue weighted by molar-refractivity contribution is 0.116. The van der Waals surface area contributed by atoms with Gasteiger partial charge in [-0.15, -0.1) is 0 Å². The van der Waals surface area contributed by atoms with Crippen LogP contribution in [-0.4, -0.2) is 30.7 Å². The van der Waals surface area contributed by atoms with Crippen molar-refractivity contribution in [1.82, 2.24) is 4.90 Å². The molecular weight excluding hydrogens is 262 g/mol. The molecule has 21 heavy (non-hydrogen) atoms. The Balaban J connectivity index is 1.72. The van der Waals surface area contributed by atoms with Crippen LogP contribution in [0.4, 0.5) is 4.79 Å². The average Bonchev–Trinajstić information content (AvgIpc) is 3.04. The molecule has 1 saturated carbocycles. The zero-order chi connectivity index (χ0) is 15.2. The number of likely N-dealkylation sites (tertiary alicyclic amines) is 1. The maximum Gasteiger partial charge on any atom is 0.410 e. The Kier molecular flexibility index (Phi) is 5.66. The summed E-state index contributed by atoms with van der Waals surface area (Å²) in [5.41, 5.74) is 0.817. The van der Waals surface area contributed by atoms with Gasteiger partial charge in [0.25, 0.3) is 0 Å². The summed E-state index contributed by atoms with van der Waals surface area (Å²) in [5.74, 6) is 2.12. The van der Waals surface area contributed by atoms with Gasteiger partial charge in [-0.25, -0.2) is 4.79 Å². The minimum absolute atomic E-state index is 0.185. The van der Waals surface area contributed by atoms with Crippen molar-refractivity contribution in [1.29, 1.82) is 0 Å². The van der Waals surface area contributed by atoms with Crippen LogP contribution in [0.2, 0.25) is 0 Å². The van der Waals surface area contributed by atoms with Gasteiger partial charge in [0.2, 0.25) is 0 Å². The zero-order valence-corrected chi connectivity index (χ0v) is 13.3. The Labute approximate surface area is 128 Å². The zero-order valence-electron chi connectivity index (χ0n) is 13.3. The summed E-state index contributed by atoms with van der Waals surface area (Å²) < 4.78 is 5.36. The highest BCUT2D eigenvalue weighted by Gasteiger charge is 2.42. The lowest BCUT2D eigenvalue weighted by atomic mass is 9.94. The molecule has 1 aliphatic heterocycles. The molecule has 0 aromatic carbocycles. The first-order valence-electron chi connectivity index (χ1n) is 8.04. The Morgan fingerprint density at radius 2 is 2.14 bits per heavy atom. The molecule has 1 saturated heterocycles. The minimum atomic E-state index is -0.185. The fraction of sp³-hybridized carbons (Fsp3) is 0.611. The smallest absolute Gasteiger partial charge is 0.410 e. The monoisotopic (exact) mass is 289 g/mol. The van der Waals surface area contributed by atoms with Crippen molar-refractivity contribution in [2.45, 2.75) is 33.1 Å². The number of nitrogens with zero attached hydrogens (tertiary/aromatic N) is 1. The summed E-state index contributed by atoms with van der Waals surface area (Å²) in [4.78, 5) is 14.0. The van der Waals surface area contributed by atoms with Crippen LogP contribution in [0, 0.1) is 17.8 Å².